The Morgan fingerprint density at radius 3 is 2.82 bits per heavy atom. The van der Waals surface area contributed by atoms with E-state index in [0.717, 1.165) is 0 Å². The number of carbonyl (C=O) groups is 3. The molecule has 1 aromatic heterocycles. The van der Waals surface area contributed by atoms with Crippen LogP contribution in [0.25, 0.3) is 0 Å². The summed E-state index contributed by atoms with van der Waals surface area (Å²) in [5.41, 5.74) is -1.12. The number of nitrogens with one attached hydrogen (secondary N) is 1. The minimum atomic E-state index is -1.12. The molecule has 7 nitrogen and oxygen atoms in total. The number of rotatable bonds is 5. The van der Waals surface area contributed by atoms with Crippen LogP contribution in [0.4, 0.5) is 0 Å². The van der Waals surface area contributed by atoms with Crippen molar-refractivity contribution in [3.8, 4) is 0 Å². The summed E-state index contributed by atoms with van der Waals surface area (Å²) >= 11 is 0. The van der Waals surface area contributed by atoms with Gasteiger partial charge in [0.1, 0.15) is 11.3 Å². The molecule has 0 spiro atoms. The molecule has 1 fully saturated rings. The van der Waals surface area contributed by atoms with Crippen LogP contribution in [0.2, 0.25) is 0 Å². The molecule has 0 aliphatic carbocycles. The Kier molecular flexibility index (Phi) is 4.54. The Balaban J connectivity index is 1.95. The number of esters is 1. The van der Waals surface area contributed by atoms with E-state index in [-0.39, 0.29) is 18.2 Å². The normalized spacial score (nSPS) is 18.4. The van der Waals surface area contributed by atoms with Gasteiger partial charge in [-0.15, -0.1) is 0 Å². The van der Waals surface area contributed by atoms with E-state index in [1.807, 2.05) is 0 Å². The summed E-state index contributed by atoms with van der Waals surface area (Å²) < 4.78 is 9.86. The van der Waals surface area contributed by atoms with E-state index in [1.54, 1.807) is 37.1 Å². The van der Waals surface area contributed by atoms with Crippen molar-refractivity contribution in [2.75, 3.05) is 13.7 Å². The third kappa shape index (κ3) is 3.47. The van der Waals surface area contributed by atoms with Gasteiger partial charge in [-0.25, -0.2) is 4.79 Å². The van der Waals surface area contributed by atoms with Gasteiger partial charge in [0.05, 0.1) is 25.8 Å². The van der Waals surface area contributed by atoms with E-state index in [4.69, 9.17) is 4.42 Å². The second kappa shape index (κ2) is 6.21. The molecule has 0 bridgehead atoms. The molecule has 1 aliphatic heterocycles. The minimum absolute atomic E-state index is 0.104. The summed E-state index contributed by atoms with van der Waals surface area (Å²) in [5, 5.41) is 2.63. The van der Waals surface area contributed by atoms with Crippen LogP contribution in [0.1, 0.15) is 26.0 Å². The molecule has 0 saturated carbocycles. The van der Waals surface area contributed by atoms with E-state index >= 15 is 0 Å². The monoisotopic (exact) mass is 308 g/mol. The highest BCUT2D eigenvalue weighted by Gasteiger charge is 2.38. The van der Waals surface area contributed by atoms with Crippen LogP contribution in [0, 0.1) is 5.92 Å². The first-order valence-corrected chi connectivity index (χ1v) is 7.04. The van der Waals surface area contributed by atoms with Gasteiger partial charge in [0.15, 0.2) is 0 Å². The molecule has 1 N–H and O–H groups in total. The Bertz CT molecular complexity index is 564. The topological polar surface area (TPSA) is 88.8 Å². The van der Waals surface area contributed by atoms with Gasteiger partial charge in [-0.2, -0.15) is 0 Å². The van der Waals surface area contributed by atoms with Crippen molar-refractivity contribution in [1.29, 1.82) is 0 Å². The molecule has 1 atom stereocenters. The zero-order valence-corrected chi connectivity index (χ0v) is 12.9. The average molecular weight is 308 g/mol. The molecule has 22 heavy (non-hydrogen) atoms. The molecule has 0 aromatic carbocycles. The van der Waals surface area contributed by atoms with Crippen LogP contribution < -0.4 is 5.32 Å². The SMILES string of the molecule is COC(=O)C(C)(C)NC(=O)[C@@H]1CC(=O)N(Cc2ccco2)C1. The van der Waals surface area contributed by atoms with Crippen molar-refractivity contribution in [2.24, 2.45) is 5.92 Å². The van der Waals surface area contributed by atoms with Gasteiger partial charge in [0, 0.05) is 13.0 Å². The van der Waals surface area contributed by atoms with Crippen molar-refractivity contribution >= 4 is 17.8 Å². The Labute approximate surface area is 128 Å². The summed E-state index contributed by atoms with van der Waals surface area (Å²) in [6.07, 6.45) is 1.67. The van der Waals surface area contributed by atoms with E-state index < -0.39 is 17.4 Å². The zero-order valence-electron chi connectivity index (χ0n) is 12.9. The number of ether oxygens (including phenoxy) is 1. The average Bonchev–Trinajstić information content (AvgIpc) is 3.08. The van der Waals surface area contributed by atoms with Gasteiger partial charge in [-0.05, 0) is 26.0 Å². The minimum Gasteiger partial charge on any atom is -0.467 e. The van der Waals surface area contributed by atoms with Crippen LogP contribution in [0.3, 0.4) is 0 Å². The Hall–Kier alpha value is -2.31. The summed E-state index contributed by atoms with van der Waals surface area (Å²) in [6, 6.07) is 3.53. The highest BCUT2D eigenvalue weighted by Crippen LogP contribution is 2.21. The zero-order chi connectivity index (χ0) is 16.3. The number of hydrogen-bond acceptors (Lipinski definition) is 5. The molecule has 1 saturated heterocycles. The third-order valence-corrected chi connectivity index (χ3v) is 3.64. The lowest BCUT2D eigenvalue weighted by Gasteiger charge is -2.24. The molecule has 1 aromatic rings. The van der Waals surface area contributed by atoms with Gasteiger partial charge in [-0.1, -0.05) is 0 Å². The van der Waals surface area contributed by atoms with Gasteiger partial charge in [0.25, 0.3) is 0 Å². The summed E-state index contributed by atoms with van der Waals surface area (Å²) in [5.74, 6) is -0.772. The second-order valence-electron chi connectivity index (χ2n) is 5.86. The molecule has 0 radical (unpaired) electrons. The van der Waals surface area contributed by atoms with Crippen LogP contribution in [-0.4, -0.2) is 41.9 Å². The van der Waals surface area contributed by atoms with Crippen LogP contribution in [0.15, 0.2) is 22.8 Å². The number of likely N-dealkylation sites (tertiary alicyclic amines) is 1. The maximum absolute atomic E-state index is 12.3. The molecular formula is C15H20N2O5. The van der Waals surface area contributed by atoms with E-state index in [2.05, 4.69) is 10.1 Å². The molecule has 7 heteroatoms. The highest BCUT2D eigenvalue weighted by molar-refractivity contribution is 5.92. The lowest BCUT2D eigenvalue weighted by Crippen LogP contribution is -2.52. The highest BCUT2D eigenvalue weighted by atomic mass is 16.5. The standard InChI is InChI=1S/C15H20N2O5/c1-15(2,14(20)21-3)16-13(19)10-7-12(18)17(8-10)9-11-5-4-6-22-11/h4-6,10H,7-9H2,1-3H3,(H,16,19)/t10-/m1/s1. The molecule has 2 heterocycles. The lowest BCUT2D eigenvalue weighted by atomic mass is 10.0. The van der Waals surface area contributed by atoms with E-state index in [9.17, 15) is 14.4 Å². The Morgan fingerprint density at radius 1 is 1.50 bits per heavy atom. The summed E-state index contributed by atoms with van der Waals surface area (Å²) in [6.45, 7) is 3.78. The maximum atomic E-state index is 12.3. The van der Waals surface area contributed by atoms with Gasteiger partial charge >= 0.3 is 5.97 Å². The van der Waals surface area contributed by atoms with Crippen molar-refractivity contribution < 1.29 is 23.5 Å². The number of nitrogens with zero attached hydrogens (tertiary/aromatic N) is 1. The van der Waals surface area contributed by atoms with Crippen LogP contribution in [-0.2, 0) is 25.7 Å². The summed E-state index contributed by atoms with van der Waals surface area (Å²) in [7, 11) is 1.26. The smallest absolute Gasteiger partial charge is 0.330 e. The van der Waals surface area contributed by atoms with Crippen molar-refractivity contribution in [3.05, 3.63) is 24.2 Å². The Morgan fingerprint density at radius 2 is 2.23 bits per heavy atom. The fraction of sp³-hybridized carbons (Fsp3) is 0.533. The number of methoxy groups -OCH3 is 1. The van der Waals surface area contributed by atoms with E-state index in [1.165, 1.54) is 7.11 Å². The third-order valence-electron chi connectivity index (χ3n) is 3.64. The van der Waals surface area contributed by atoms with Crippen molar-refractivity contribution in [3.63, 3.8) is 0 Å². The first-order valence-electron chi connectivity index (χ1n) is 7.04. The number of furan rings is 1. The van der Waals surface area contributed by atoms with Gasteiger partial charge in [-0.3, -0.25) is 9.59 Å². The van der Waals surface area contributed by atoms with Gasteiger partial charge < -0.3 is 19.4 Å². The number of hydrogen-bond donors (Lipinski definition) is 1. The molecule has 2 rings (SSSR count). The predicted molar refractivity (Wildman–Crippen MR) is 76.5 cm³/mol. The number of carbonyl (C=O) groups excluding carboxylic acids is 3. The quantitative estimate of drug-likeness (QED) is 0.809. The molecule has 2 amide bonds. The first-order chi connectivity index (χ1) is 10.3. The second-order valence-corrected chi connectivity index (χ2v) is 5.86. The predicted octanol–water partition coefficient (Wildman–Crippen LogP) is 0.696. The molecule has 0 unspecified atom stereocenters. The number of amides is 2. The van der Waals surface area contributed by atoms with Crippen molar-refractivity contribution in [2.45, 2.75) is 32.4 Å². The molecule has 120 valence electrons. The first kappa shape index (κ1) is 16.1. The van der Waals surface area contributed by atoms with Gasteiger partial charge in [0.2, 0.25) is 11.8 Å². The summed E-state index contributed by atoms with van der Waals surface area (Å²) in [4.78, 5) is 37.4. The van der Waals surface area contributed by atoms with Crippen LogP contribution >= 0.6 is 0 Å². The fourth-order valence-corrected chi connectivity index (χ4v) is 2.41. The maximum Gasteiger partial charge on any atom is 0.330 e. The van der Waals surface area contributed by atoms with Crippen molar-refractivity contribution in [1.82, 2.24) is 10.2 Å². The molecule has 1 aliphatic rings. The van der Waals surface area contributed by atoms with Crippen LogP contribution in [0.5, 0.6) is 0 Å². The lowest BCUT2D eigenvalue weighted by molar-refractivity contribution is -0.149. The largest absolute Gasteiger partial charge is 0.467 e. The fourth-order valence-electron chi connectivity index (χ4n) is 2.41. The van der Waals surface area contributed by atoms with E-state index in [0.29, 0.717) is 18.8 Å². The molecular weight excluding hydrogens is 288 g/mol.